The van der Waals surface area contributed by atoms with Crippen molar-refractivity contribution in [3.8, 4) is 11.3 Å². The molecule has 0 radical (unpaired) electrons. The summed E-state index contributed by atoms with van der Waals surface area (Å²) in [4.78, 5) is 13.2. The number of aromatic nitrogens is 3. The molecule has 1 aromatic carbocycles. The van der Waals surface area contributed by atoms with Gasteiger partial charge in [0.1, 0.15) is 0 Å². The second-order valence-electron chi connectivity index (χ2n) is 3.88. The molecule has 18 heavy (non-hydrogen) atoms. The summed E-state index contributed by atoms with van der Waals surface area (Å²) >= 11 is 3.26. The Morgan fingerprint density at radius 3 is 2.83 bits per heavy atom. The molecule has 0 amide bonds. The topological polar surface area (TPSA) is 38.7 Å². The zero-order valence-corrected chi connectivity index (χ0v) is 10.8. The van der Waals surface area contributed by atoms with Crippen molar-refractivity contribution in [2.45, 2.75) is 0 Å². The second kappa shape index (κ2) is 3.83. The quantitative estimate of drug-likeness (QED) is 0.525. The van der Waals surface area contributed by atoms with Crippen molar-refractivity contribution in [1.82, 2.24) is 15.0 Å². The van der Waals surface area contributed by atoms with Crippen molar-refractivity contribution in [3.05, 3.63) is 41.4 Å². The van der Waals surface area contributed by atoms with Crippen molar-refractivity contribution in [2.24, 2.45) is 0 Å². The molecule has 0 atom stereocenters. The first kappa shape index (κ1) is 10.1. The molecule has 0 aliphatic heterocycles. The van der Waals surface area contributed by atoms with Gasteiger partial charge in [0, 0.05) is 5.56 Å². The van der Waals surface area contributed by atoms with E-state index in [1.807, 2.05) is 23.2 Å². The van der Waals surface area contributed by atoms with Crippen LogP contribution in [0.15, 0.2) is 41.4 Å². The van der Waals surface area contributed by atoms with E-state index < -0.39 is 0 Å². The molecule has 3 aromatic heterocycles. The fourth-order valence-electron chi connectivity index (χ4n) is 1.99. The van der Waals surface area contributed by atoms with Crippen molar-refractivity contribution in [3.63, 3.8) is 0 Å². The lowest BCUT2D eigenvalue weighted by atomic mass is 10.1. The predicted octanol–water partition coefficient (Wildman–Crippen LogP) is 3.97. The average molecular weight is 269 g/mol. The van der Waals surface area contributed by atoms with Gasteiger partial charge in [-0.25, -0.2) is 15.0 Å². The molecule has 3 heterocycles. The molecule has 0 N–H and O–H groups in total. The molecule has 0 saturated carbocycles. The average Bonchev–Trinajstić information content (AvgIpc) is 3.05. The van der Waals surface area contributed by atoms with Crippen LogP contribution in [0.25, 0.3) is 31.8 Å². The molecular formula is C13H7N3S2. The van der Waals surface area contributed by atoms with Gasteiger partial charge in [0.25, 0.3) is 0 Å². The number of thiazole rings is 2. The highest BCUT2D eigenvalue weighted by Gasteiger charge is 2.08. The maximum Gasteiger partial charge on any atom is 0.170 e. The standard InChI is InChI=1S/C13H7N3S2/c1-2-8(12-10(3-1)14-6-18-12)9-4-5-11-13(16-9)15-7-17-11/h1-7H. The molecule has 4 rings (SSSR count). The maximum atomic E-state index is 4.61. The number of hydrogen-bond acceptors (Lipinski definition) is 5. The third-order valence-electron chi connectivity index (χ3n) is 2.83. The summed E-state index contributed by atoms with van der Waals surface area (Å²) in [5.74, 6) is 0. The Kier molecular flexibility index (Phi) is 2.15. The maximum absolute atomic E-state index is 4.61. The molecule has 0 aliphatic carbocycles. The molecule has 86 valence electrons. The van der Waals surface area contributed by atoms with Gasteiger partial charge in [0.15, 0.2) is 5.65 Å². The van der Waals surface area contributed by atoms with Gasteiger partial charge >= 0.3 is 0 Å². The molecule has 0 bridgehead atoms. The zero-order chi connectivity index (χ0) is 11.9. The molecule has 3 nitrogen and oxygen atoms in total. The molecule has 4 aromatic rings. The van der Waals surface area contributed by atoms with E-state index in [4.69, 9.17) is 0 Å². The van der Waals surface area contributed by atoms with Crippen LogP contribution in [0.3, 0.4) is 0 Å². The highest BCUT2D eigenvalue weighted by Crippen LogP contribution is 2.31. The van der Waals surface area contributed by atoms with Crippen LogP contribution in [0.5, 0.6) is 0 Å². The molecular weight excluding hydrogens is 262 g/mol. The number of fused-ring (bicyclic) bond motifs is 2. The van der Waals surface area contributed by atoms with Crippen LogP contribution in [-0.2, 0) is 0 Å². The van der Waals surface area contributed by atoms with Crippen molar-refractivity contribution < 1.29 is 0 Å². The summed E-state index contributed by atoms with van der Waals surface area (Å²) in [5.41, 5.74) is 7.63. The molecule has 0 saturated heterocycles. The summed E-state index contributed by atoms with van der Waals surface area (Å²) in [5, 5.41) is 0. The van der Waals surface area contributed by atoms with Crippen LogP contribution in [-0.4, -0.2) is 15.0 Å². The van der Waals surface area contributed by atoms with E-state index in [-0.39, 0.29) is 0 Å². The van der Waals surface area contributed by atoms with Crippen molar-refractivity contribution in [2.75, 3.05) is 0 Å². The molecule has 5 heteroatoms. The number of hydrogen-bond donors (Lipinski definition) is 0. The van der Waals surface area contributed by atoms with E-state index in [0.29, 0.717) is 0 Å². The summed E-state index contributed by atoms with van der Waals surface area (Å²) < 4.78 is 2.30. The van der Waals surface area contributed by atoms with Crippen LogP contribution in [0.4, 0.5) is 0 Å². The van der Waals surface area contributed by atoms with Gasteiger partial charge < -0.3 is 0 Å². The van der Waals surface area contributed by atoms with Crippen molar-refractivity contribution >= 4 is 43.2 Å². The Bertz CT molecular complexity index is 847. The SMILES string of the molecule is c1cc(-c2ccc3scnc3n2)c2scnc2c1. The number of pyridine rings is 1. The van der Waals surface area contributed by atoms with Gasteiger partial charge in [0.2, 0.25) is 0 Å². The number of rotatable bonds is 1. The van der Waals surface area contributed by atoms with Gasteiger partial charge in [-0.05, 0) is 18.2 Å². The number of benzene rings is 1. The van der Waals surface area contributed by atoms with E-state index in [2.05, 4.69) is 33.2 Å². The van der Waals surface area contributed by atoms with Gasteiger partial charge in [-0.1, -0.05) is 12.1 Å². The summed E-state index contributed by atoms with van der Waals surface area (Å²) in [7, 11) is 0. The zero-order valence-electron chi connectivity index (χ0n) is 9.20. The lowest BCUT2D eigenvalue weighted by Gasteiger charge is -2.01. The van der Waals surface area contributed by atoms with E-state index in [1.165, 1.54) is 4.70 Å². The highest BCUT2D eigenvalue weighted by atomic mass is 32.1. The van der Waals surface area contributed by atoms with E-state index in [1.54, 1.807) is 22.7 Å². The first-order chi connectivity index (χ1) is 8.92. The van der Waals surface area contributed by atoms with Gasteiger partial charge in [-0.3, -0.25) is 0 Å². The molecule has 0 fully saturated rings. The monoisotopic (exact) mass is 269 g/mol. The summed E-state index contributed by atoms with van der Waals surface area (Å²) in [6, 6.07) is 10.3. The smallest absolute Gasteiger partial charge is 0.170 e. The van der Waals surface area contributed by atoms with E-state index >= 15 is 0 Å². The largest absolute Gasteiger partial charge is 0.245 e. The molecule has 0 aliphatic rings. The molecule has 0 unspecified atom stereocenters. The minimum absolute atomic E-state index is 0.819. The molecule has 0 spiro atoms. The Morgan fingerprint density at radius 2 is 1.83 bits per heavy atom. The van der Waals surface area contributed by atoms with E-state index in [9.17, 15) is 0 Å². The lowest BCUT2D eigenvalue weighted by Crippen LogP contribution is -1.84. The third-order valence-corrected chi connectivity index (χ3v) is 4.49. The van der Waals surface area contributed by atoms with Crippen LogP contribution >= 0.6 is 22.7 Å². The van der Waals surface area contributed by atoms with Crippen LogP contribution in [0.1, 0.15) is 0 Å². The fraction of sp³-hybridized carbons (Fsp3) is 0. The summed E-state index contributed by atoms with van der Waals surface area (Å²) in [6.07, 6.45) is 0. The Labute approximate surface area is 111 Å². The van der Waals surface area contributed by atoms with Crippen LogP contribution in [0.2, 0.25) is 0 Å². The first-order valence-corrected chi connectivity index (χ1v) is 7.20. The Morgan fingerprint density at radius 1 is 0.889 bits per heavy atom. The predicted molar refractivity (Wildman–Crippen MR) is 76.0 cm³/mol. The minimum atomic E-state index is 0.819. The van der Waals surface area contributed by atoms with E-state index in [0.717, 1.165) is 27.1 Å². The Hall–Kier alpha value is -1.85. The second-order valence-corrected chi connectivity index (χ2v) is 5.62. The van der Waals surface area contributed by atoms with Crippen LogP contribution in [0, 0.1) is 0 Å². The van der Waals surface area contributed by atoms with Gasteiger partial charge in [-0.2, -0.15) is 0 Å². The normalized spacial score (nSPS) is 11.3. The highest BCUT2D eigenvalue weighted by molar-refractivity contribution is 7.17. The first-order valence-electron chi connectivity index (χ1n) is 5.45. The lowest BCUT2D eigenvalue weighted by molar-refractivity contribution is 1.33. The fourth-order valence-corrected chi connectivity index (χ4v) is 3.42. The third kappa shape index (κ3) is 1.45. The van der Waals surface area contributed by atoms with Crippen molar-refractivity contribution in [1.29, 1.82) is 0 Å². The van der Waals surface area contributed by atoms with Gasteiger partial charge in [0.05, 0.1) is 31.6 Å². The Balaban J connectivity index is 2.03. The summed E-state index contributed by atoms with van der Waals surface area (Å²) in [6.45, 7) is 0. The number of nitrogens with zero attached hydrogens (tertiary/aromatic N) is 3. The minimum Gasteiger partial charge on any atom is -0.245 e. The van der Waals surface area contributed by atoms with Gasteiger partial charge in [-0.15, -0.1) is 22.7 Å². The van der Waals surface area contributed by atoms with Crippen LogP contribution < -0.4 is 0 Å².